The Labute approximate surface area is 74.7 Å². The van der Waals surface area contributed by atoms with Gasteiger partial charge in [0.2, 0.25) is 6.41 Å². The number of amides is 1. The van der Waals surface area contributed by atoms with Crippen molar-refractivity contribution in [2.75, 3.05) is 0 Å². The molecule has 70 valence electrons. The van der Waals surface area contributed by atoms with Crippen molar-refractivity contribution >= 4 is 6.41 Å². The molecule has 0 spiro atoms. The van der Waals surface area contributed by atoms with Gasteiger partial charge in [0.25, 0.3) is 0 Å². The molecule has 1 rings (SSSR count). The van der Waals surface area contributed by atoms with Crippen LogP contribution in [0.15, 0.2) is 0 Å². The van der Waals surface area contributed by atoms with Gasteiger partial charge in [-0.15, -0.1) is 0 Å². The van der Waals surface area contributed by atoms with Gasteiger partial charge >= 0.3 is 0 Å². The van der Waals surface area contributed by atoms with Crippen molar-refractivity contribution in [3.05, 3.63) is 0 Å². The normalized spacial score (nSPS) is 35.0. The number of carbonyl (C=O) groups is 1. The Hall–Kier alpha value is -0.530. The highest BCUT2D eigenvalue weighted by Gasteiger charge is 2.47. The Morgan fingerprint density at radius 3 is 2.50 bits per heavy atom. The zero-order chi connectivity index (χ0) is 9.35. The highest BCUT2D eigenvalue weighted by atomic mass is 16.1. The molecular formula is C10H19NO. The fourth-order valence-corrected chi connectivity index (χ4v) is 2.27. The lowest BCUT2D eigenvalue weighted by atomic mass is 9.53. The summed E-state index contributed by atoms with van der Waals surface area (Å²) in [5, 5.41) is 2.84. The predicted molar refractivity (Wildman–Crippen MR) is 49.7 cm³/mol. The molecule has 0 aromatic carbocycles. The fraction of sp³-hybridized carbons (Fsp3) is 0.900. The van der Waals surface area contributed by atoms with Gasteiger partial charge in [0.15, 0.2) is 0 Å². The van der Waals surface area contributed by atoms with Crippen LogP contribution in [0.5, 0.6) is 0 Å². The Balaban J connectivity index is 2.50. The summed E-state index contributed by atoms with van der Waals surface area (Å²) < 4.78 is 0. The average molecular weight is 169 g/mol. The molecule has 1 amide bonds. The molecule has 1 N–H and O–H groups in total. The number of hydrogen-bond donors (Lipinski definition) is 1. The molecule has 2 nitrogen and oxygen atoms in total. The van der Waals surface area contributed by atoms with Crippen molar-refractivity contribution in [3.63, 3.8) is 0 Å². The highest BCUT2D eigenvalue weighted by molar-refractivity contribution is 5.46. The molecule has 0 heterocycles. The molecule has 12 heavy (non-hydrogen) atoms. The van der Waals surface area contributed by atoms with Crippen LogP contribution in [0.4, 0.5) is 0 Å². The molecule has 3 atom stereocenters. The second-order valence-corrected chi connectivity index (χ2v) is 4.64. The summed E-state index contributed by atoms with van der Waals surface area (Å²) >= 11 is 0. The van der Waals surface area contributed by atoms with Gasteiger partial charge in [0.1, 0.15) is 0 Å². The van der Waals surface area contributed by atoms with E-state index in [0.29, 0.717) is 17.4 Å². The van der Waals surface area contributed by atoms with E-state index in [2.05, 4.69) is 33.0 Å². The average Bonchev–Trinajstić information content (AvgIpc) is 2.00. The maximum absolute atomic E-state index is 10.2. The van der Waals surface area contributed by atoms with Crippen molar-refractivity contribution in [2.24, 2.45) is 17.3 Å². The number of rotatable bonds is 3. The quantitative estimate of drug-likeness (QED) is 0.641. The molecule has 1 aliphatic rings. The summed E-state index contributed by atoms with van der Waals surface area (Å²) in [4.78, 5) is 10.2. The van der Waals surface area contributed by atoms with Crippen molar-refractivity contribution in [1.29, 1.82) is 0 Å². The zero-order valence-corrected chi connectivity index (χ0v) is 8.42. The SMILES string of the molecule is CC(NC=O)C1CC(C)C1(C)C. The van der Waals surface area contributed by atoms with Crippen LogP contribution in [-0.4, -0.2) is 12.5 Å². The second-order valence-electron chi connectivity index (χ2n) is 4.64. The molecule has 0 aliphatic heterocycles. The van der Waals surface area contributed by atoms with Gasteiger partial charge in [-0.25, -0.2) is 0 Å². The van der Waals surface area contributed by atoms with E-state index in [0.717, 1.165) is 12.3 Å². The largest absolute Gasteiger partial charge is 0.356 e. The monoisotopic (exact) mass is 169 g/mol. The Morgan fingerprint density at radius 2 is 2.17 bits per heavy atom. The minimum atomic E-state index is 0.327. The van der Waals surface area contributed by atoms with Crippen LogP contribution >= 0.6 is 0 Å². The molecule has 1 saturated carbocycles. The van der Waals surface area contributed by atoms with Gasteiger partial charge in [0, 0.05) is 6.04 Å². The lowest BCUT2D eigenvalue weighted by Gasteiger charge is -2.53. The Morgan fingerprint density at radius 1 is 1.58 bits per heavy atom. The minimum absolute atomic E-state index is 0.327. The summed E-state index contributed by atoms with van der Waals surface area (Å²) in [6.45, 7) is 8.94. The Kier molecular flexibility index (Phi) is 2.45. The molecule has 0 saturated heterocycles. The molecule has 0 aromatic rings. The predicted octanol–water partition coefficient (Wildman–Crippen LogP) is 1.80. The maximum atomic E-state index is 10.2. The first-order valence-electron chi connectivity index (χ1n) is 4.69. The van der Waals surface area contributed by atoms with E-state index < -0.39 is 0 Å². The first-order chi connectivity index (χ1) is 5.50. The van der Waals surface area contributed by atoms with E-state index in [4.69, 9.17) is 0 Å². The van der Waals surface area contributed by atoms with Gasteiger partial charge in [-0.1, -0.05) is 20.8 Å². The third-order valence-corrected chi connectivity index (χ3v) is 3.77. The Bertz CT molecular complexity index is 177. The third-order valence-electron chi connectivity index (χ3n) is 3.77. The standard InChI is InChI=1S/C10H19NO/c1-7-5-9(10(7,3)4)8(2)11-6-12/h6-9H,5H2,1-4H3,(H,11,12). The number of hydrogen-bond acceptors (Lipinski definition) is 1. The van der Waals surface area contributed by atoms with Crippen LogP contribution in [0.25, 0.3) is 0 Å². The second kappa shape index (κ2) is 3.08. The molecular weight excluding hydrogens is 150 g/mol. The summed E-state index contributed by atoms with van der Waals surface area (Å²) in [5.41, 5.74) is 0.398. The lowest BCUT2D eigenvalue weighted by molar-refractivity contribution is -0.112. The van der Waals surface area contributed by atoms with Crippen LogP contribution in [-0.2, 0) is 4.79 Å². The van der Waals surface area contributed by atoms with Crippen LogP contribution in [0.1, 0.15) is 34.1 Å². The van der Waals surface area contributed by atoms with Gasteiger partial charge < -0.3 is 5.32 Å². The topological polar surface area (TPSA) is 29.1 Å². The van der Waals surface area contributed by atoms with Crippen molar-refractivity contribution in [1.82, 2.24) is 5.32 Å². The van der Waals surface area contributed by atoms with E-state index in [-0.39, 0.29) is 0 Å². The first kappa shape index (κ1) is 9.56. The van der Waals surface area contributed by atoms with Gasteiger partial charge in [-0.3, -0.25) is 4.79 Å². The van der Waals surface area contributed by atoms with Crippen molar-refractivity contribution < 1.29 is 4.79 Å². The van der Waals surface area contributed by atoms with E-state index in [1.807, 2.05) is 0 Å². The lowest BCUT2D eigenvalue weighted by Crippen LogP contribution is -2.52. The molecule has 1 aliphatic carbocycles. The number of carbonyl (C=O) groups excluding carboxylic acids is 1. The first-order valence-corrected chi connectivity index (χ1v) is 4.69. The summed E-state index contributed by atoms with van der Waals surface area (Å²) in [6.07, 6.45) is 2.05. The molecule has 0 aromatic heterocycles. The molecule has 2 heteroatoms. The number of nitrogens with one attached hydrogen (secondary N) is 1. The van der Waals surface area contributed by atoms with E-state index in [1.54, 1.807) is 0 Å². The highest BCUT2D eigenvalue weighted by Crippen LogP contribution is 2.52. The van der Waals surface area contributed by atoms with Gasteiger partial charge in [-0.05, 0) is 30.6 Å². The smallest absolute Gasteiger partial charge is 0.207 e. The molecule has 0 bridgehead atoms. The fourth-order valence-electron chi connectivity index (χ4n) is 2.27. The zero-order valence-electron chi connectivity index (χ0n) is 8.42. The van der Waals surface area contributed by atoms with Crippen LogP contribution in [0.3, 0.4) is 0 Å². The molecule has 0 radical (unpaired) electrons. The van der Waals surface area contributed by atoms with Crippen LogP contribution < -0.4 is 5.32 Å². The third kappa shape index (κ3) is 1.35. The van der Waals surface area contributed by atoms with Crippen LogP contribution in [0.2, 0.25) is 0 Å². The minimum Gasteiger partial charge on any atom is -0.356 e. The van der Waals surface area contributed by atoms with Crippen molar-refractivity contribution in [2.45, 2.75) is 40.2 Å². The van der Waals surface area contributed by atoms with E-state index in [9.17, 15) is 4.79 Å². The summed E-state index contributed by atoms with van der Waals surface area (Å²) in [6, 6.07) is 0.327. The van der Waals surface area contributed by atoms with Gasteiger partial charge in [0.05, 0.1) is 0 Å². The summed E-state index contributed by atoms with van der Waals surface area (Å²) in [5.74, 6) is 1.44. The molecule has 1 fully saturated rings. The molecule has 3 unspecified atom stereocenters. The maximum Gasteiger partial charge on any atom is 0.207 e. The summed E-state index contributed by atoms with van der Waals surface area (Å²) in [7, 11) is 0. The van der Waals surface area contributed by atoms with Crippen LogP contribution in [0, 0.1) is 17.3 Å². The van der Waals surface area contributed by atoms with Gasteiger partial charge in [-0.2, -0.15) is 0 Å². The van der Waals surface area contributed by atoms with E-state index >= 15 is 0 Å². The van der Waals surface area contributed by atoms with Crippen molar-refractivity contribution in [3.8, 4) is 0 Å². The van der Waals surface area contributed by atoms with E-state index in [1.165, 1.54) is 6.42 Å².